The first-order chi connectivity index (χ1) is 8.49. The van der Waals surface area contributed by atoms with Gasteiger partial charge in [0.1, 0.15) is 0 Å². The van der Waals surface area contributed by atoms with Crippen molar-refractivity contribution in [2.45, 2.75) is 25.8 Å². The summed E-state index contributed by atoms with van der Waals surface area (Å²) in [6.07, 6.45) is 1.07. The van der Waals surface area contributed by atoms with Crippen molar-refractivity contribution in [3.05, 3.63) is 20.8 Å². The van der Waals surface area contributed by atoms with Crippen LogP contribution in [0.1, 0.15) is 30.1 Å². The Hall–Kier alpha value is -0.880. The van der Waals surface area contributed by atoms with Gasteiger partial charge in [0, 0.05) is 18.0 Å². The molecule has 0 saturated carbocycles. The van der Waals surface area contributed by atoms with Gasteiger partial charge in [-0.05, 0) is 41.8 Å². The van der Waals surface area contributed by atoms with Gasteiger partial charge in [-0.2, -0.15) is 0 Å². The van der Waals surface area contributed by atoms with Crippen molar-refractivity contribution in [2.75, 3.05) is 6.54 Å². The molecule has 1 aromatic rings. The molecular weight excluding hydrogens is 318 g/mol. The number of likely N-dealkylation sites (tertiary alicyclic amines) is 1. The van der Waals surface area contributed by atoms with Crippen LogP contribution in [0.2, 0.25) is 0 Å². The van der Waals surface area contributed by atoms with Gasteiger partial charge in [-0.3, -0.25) is 9.59 Å². The molecule has 1 aliphatic rings. The molecule has 1 N–H and O–H groups in total. The topological polar surface area (TPSA) is 57.6 Å². The van der Waals surface area contributed by atoms with Crippen LogP contribution in [0.25, 0.3) is 0 Å². The second-order valence-electron chi connectivity index (χ2n) is 4.55. The van der Waals surface area contributed by atoms with E-state index >= 15 is 0 Å². The number of aliphatic carboxylic acids is 1. The molecule has 0 radical (unpaired) electrons. The van der Waals surface area contributed by atoms with Crippen LogP contribution in [0.4, 0.5) is 0 Å². The zero-order valence-corrected chi connectivity index (χ0v) is 12.3. The lowest BCUT2D eigenvalue weighted by molar-refractivity contribution is -0.143. The first kappa shape index (κ1) is 13.5. The van der Waals surface area contributed by atoms with Gasteiger partial charge in [-0.1, -0.05) is 0 Å². The number of halogens is 1. The fourth-order valence-electron chi connectivity index (χ4n) is 2.29. The summed E-state index contributed by atoms with van der Waals surface area (Å²) in [4.78, 5) is 25.0. The molecule has 98 valence electrons. The van der Waals surface area contributed by atoms with E-state index in [0.717, 1.165) is 3.79 Å². The third-order valence-electron chi connectivity index (χ3n) is 3.30. The summed E-state index contributed by atoms with van der Waals surface area (Å²) in [5.74, 6) is -1.08. The Labute approximate surface area is 118 Å². The number of piperidine rings is 1. The number of nitrogens with zero attached hydrogens (tertiary/aromatic N) is 1. The molecule has 2 heterocycles. The Morgan fingerprint density at radius 2 is 2.28 bits per heavy atom. The van der Waals surface area contributed by atoms with Crippen LogP contribution >= 0.6 is 27.3 Å². The first-order valence-corrected chi connectivity index (χ1v) is 7.44. The maximum absolute atomic E-state index is 12.3. The molecule has 4 nitrogen and oxygen atoms in total. The van der Waals surface area contributed by atoms with Crippen molar-refractivity contribution < 1.29 is 14.7 Å². The summed E-state index contributed by atoms with van der Waals surface area (Å²) in [5, 5.41) is 10.8. The quantitative estimate of drug-likeness (QED) is 0.906. The Kier molecular flexibility index (Phi) is 4.07. The zero-order valence-electron chi connectivity index (χ0n) is 9.93. The molecule has 0 aliphatic carbocycles. The molecule has 1 aromatic heterocycles. The number of carbonyl (C=O) groups is 2. The van der Waals surface area contributed by atoms with Gasteiger partial charge in [-0.15, -0.1) is 11.3 Å². The third-order valence-corrected chi connectivity index (χ3v) is 4.81. The molecule has 2 unspecified atom stereocenters. The van der Waals surface area contributed by atoms with E-state index in [1.807, 2.05) is 18.4 Å². The molecule has 1 amide bonds. The van der Waals surface area contributed by atoms with Crippen molar-refractivity contribution in [1.82, 2.24) is 4.90 Å². The van der Waals surface area contributed by atoms with Crippen molar-refractivity contribution in [3.63, 3.8) is 0 Å². The van der Waals surface area contributed by atoms with Crippen molar-refractivity contribution in [2.24, 2.45) is 5.92 Å². The predicted molar refractivity (Wildman–Crippen MR) is 72.9 cm³/mol. The van der Waals surface area contributed by atoms with Gasteiger partial charge in [0.2, 0.25) is 0 Å². The van der Waals surface area contributed by atoms with Gasteiger partial charge >= 0.3 is 5.97 Å². The number of amides is 1. The second kappa shape index (κ2) is 5.40. The number of carbonyl (C=O) groups excluding carboxylic acids is 1. The molecule has 1 fully saturated rings. The van der Waals surface area contributed by atoms with E-state index in [9.17, 15) is 9.59 Å². The monoisotopic (exact) mass is 331 g/mol. The van der Waals surface area contributed by atoms with Crippen molar-refractivity contribution in [1.29, 1.82) is 0 Å². The molecule has 18 heavy (non-hydrogen) atoms. The summed E-state index contributed by atoms with van der Waals surface area (Å²) in [6.45, 7) is 2.43. The highest BCUT2D eigenvalue weighted by molar-refractivity contribution is 9.11. The van der Waals surface area contributed by atoms with Gasteiger partial charge < -0.3 is 10.0 Å². The largest absolute Gasteiger partial charge is 0.481 e. The lowest BCUT2D eigenvalue weighted by Crippen LogP contribution is -2.45. The maximum Gasteiger partial charge on any atom is 0.306 e. The summed E-state index contributed by atoms with van der Waals surface area (Å²) in [5.41, 5.74) is 0.674. The Morgan fingerprint density at radius 3 is 2.78 bits per heavy atom. The minimum Gasteiger partial charge on any atom is -0.481 e. The van der Waals surface area contributed by atoms with Gasteiger partial charge in [-0.25, -0.2) is 0 Å². The van der Waals surface area contributed by atoms with Crippen LogP contribution in [0.3, 0.4) is 0 Å². The van der Waals surface area contributed by atoms with Gasteiger partial charge in [0.05, 0.1) is 15.3 Å². The molecule has 2 rings (SSSR count). The molecular formula is C12H14BrNO3S. The molecule has 0 bridgehead atoms. The molecule has 2 atom stereocenters. The van der Waals surface area contributed by atoms with Crippen LogP contribution in [0.15, 0.2) is 15.2 Å². The highest BCUT2D eigenvalue weighted by atomic mass is 79.9. The molecule has 1 saturated heterocycles. The number of carboxylic acids is 1. The van der Waals surface area contributed by atoms with E-state index in [1.165, 1.54) is 11.3 Å². The van der Waals surface area contributed by atoms with Crippen LogP contribution < -0.4 is 0 Å². The van der Waals surface area contributed by atoms with Crippen LogP contribution in [0.5, 0.6) is 0 Å². The minimum atomic E-state index is -0.757. The number of hydrogen-bond acceptors (Lipinski definition) is 3. The van der Waals surface area contributed by atoms with Crippen LogP contribution in [-0.2, 0) is 4.79 Å². The average molecular weight is 332 g/mol. The maximum atomic E-state index is 12.3. The SMILES string of the molecule is CC1CC(C(=O)O)CCN1C(=O)c1csc(Br)c1. The molecule has 1 aliphatic heterocycles. The highest BCUT2D eigenvalue weighted by Crippen LogP contribution is 2.27. The number of carboxylic acid groups (broad SMARTS) is 1. The van der Waals surface area contributed by atoms with E-state index in [0.29, 0.717) is 24.9 Å². The van der Waals surface area contributed by atoms with E-state index in [-0.39, 0.29) is 17.9 Å². The van der Waals surface area contributed by atoms with Crippen LogP contribution in [-0.4, -0.2) is 34.5 Å². The zero-order chi connectivity index (χ0) is 13.3. The summed E-state index contributed by atoms with van der Waals surface area (Å²) in [6, 6.07) is 1.79. The van der Waals surface area contributed by atoms with E-state index in [4.69, 9.17) is 5.11 Å². The summed E-state index contributed by atoms with van der Waals surface area (Å²) < 4.78 is 0.930. The third kappa shape index (κ3) is 2.75. The number of hydrogen-bond donors (Lipinski definition) is 1. The van der Waals surface area contributed by atoms with Gasteiger partial charge in [0.15, 0.2) is 0 Å². The first-order valence-electron chi connectivity index (χ1n) is 5.77. The Bertz CT molecular complexity index is 474. The van der Waals surface area contributed by atoms with Crippen molar-refractivity contribution >= 4 is 39.1 Å². The standard InChI is InChI=1S/C12H14BrNO3S/c1-7-4-8(12(16)17)2-3-14(7)11(15)9-5-10(13)18-6-9/h5-8H,2-4H2,1H3,(H,16,17). The number of thiophene rings is 1. The summed E-state index contributed by atoms with van der Waals surface area (Å²) >= 11 is 4.82. The normalized spacial score (nSPS) is 24.0. The van der Waals surface area contributed by atoms with E-state index < -0.39 is 5.97 Å². The summed E-state index contributed by atoms with van der Waals surface area (Å²) in [7, 11) is 0. The van der Waals surface area contributed by atoms with E-state index in [1.54, 1.807) is 4.90 Å². The fraction of sp³-hybridized carbons (Fsp3) is 0.500. The molecule has 6 heteroatoms. The lowest BCUT2D eigenvalue weighted by atomic mass is 9.91. The lowest BCUT2D eigenvalue weighted by Gasteiger charge is -2.36. The highest BCUT2D eigenvalue weighted by Gasteiger charge is 2.32. The average Bonchev–Trinajstić information content (AvgIpc) is 2.74. The Balaban J connectivity index is 2.07. The minimum absolute atomic E-state index is 0.00621. The van der Waals surface area contributed by atoms with Gasteiger partial charge in [0.25, 0.3) is 5.91 Å². The number of rotatable bonds is 2. The Morgan fingerprint density at radius 1 is 1.56 bits per heavy atom. The molecule has 0 aromatic carbocycles. The fourth-order valence-corrected chi connectivity index (χ4v) is 3.42. The molecule has 0 spiro atoms. The smallest absolute Gasteiger partial charge is 0.306 e. The second-order valence-corrected chi connectivity index (χ2v) is 6.84. The van der Waals surface area contributed by atoms with Crippen LogP contribution in [0, 0.1) is 5.92 Å². The van der Waals surface area contributed by atoms with E-state index in [2.05, 4.69) is 15.9 Å². The predicted octanol–water partition coefficient (Wildman–Crippen LogP) is 2.84. The van der Waals surface area contributed by atoms with Crippen molar-refractivity contribution in [3.8, 4) is 0 Å².